The summed E-state index contributed by atoms with van der Waals surface area (Å²) in [5.41, 5.74) is 8.75. The lowest BCUT2D eigenvalue weighted by atomic mass is 9.92. The van der Waals surface area contributed by atoms with Crippen molar-refractivity contribution in [1.29, 1.82) is 0 Å². The first-order valence-electron chi connectivity index (χ1n) is 9.95. The number of anilines is 1. The minimum absolute atomic E-state index is 0.138. The number of nitrogens with zero attached hydrogens (tertiary/aromatic N) is 3. The zero-order chi connectivity index (χ0) is 22.2. The molecule has 31 heavy (non-hydrogen) atoms. The van der Waals surface area contributed by atoms with Crippen LogP contribution in [0, 0.1) is 6.92 Å². The van der Waals surface area contributed by atoms with Crippen LogP contribution < -0.4 is 15.8 Å². The molecule has 0 atom stereocenters. The van der Waals surface area contributed by atoms with E-state index < -0.39 is 16.1 Å². The number of nitrogen functional groups attached to an aromatic ring is 1. The Kier molecular flexibility index (Phi) is 5.54. The van der Waals surface area contributed by atoms with Gasteiger partial charge in [0.1, 0.15) is 0 Å². The molecule has 11 heteroatoms. The van der Waals surface area contributed by atoms with Gasteiger partial charge in [-0.25, -0.2) is 27.9 Å². The van der Waals surface area contributed by atoms with E-state index in [0.717, 1.165) is 16.8 Å². The molecule has 1 saturated carbocycles. The summed E-state index contributed by atoms with van der Waals surface area (Å²) in [7, 11) is -3.75. The molecule has 2 heterocycles. The molecule has 164 valence electrons. The zero-order valence-corrected chi connectivity index (χ0v) is 17.8. The Bertz CT molecular complexity index is 1230. The topological polar surface area (TPSA) is 152 Å². The van der Waals surface area contributed by atoms with E-state index in [4.69, 9.17) is 10.8 Å². The highest BCUT2D eigenvalue weighted by Crippen LogP contribution is 2.29. The first-order chi connectivity index (χ1) is 14.7. The molecular weight excluding hydrogens is 420 g/mol. The predicted molar refractivity (Wildman–Crippen MR) is 115 cm³/mol. The van der Waals surface area contributed by atoms with Gasteiger partial charge < -0.3 is 16.2 Å². The van der Waals surface area contributed by atoms with Crippen molar-refractivity contribution in [1.82, 2.24) is 24.4 Å². The van der Waals surface area contributed by atoms with Gasteiger partial charge in [-0.1, -0.05) is 6.07 Å². The van der Waals surface area contributed by atoms with Crippen molar-refractivity contribution >= 4 is 27.6 Å². The third-order valence-electron chi connectivity index (χ3n) is 5.63. The highest BCUT2D eigenvalue weighted by molar-refractivity contribution is 7.89. The van der Waals surface area contributed by atoms with Crippen LogP contribution in [-0.4, -0.2) is 46.1 Å². The van der Waals surface area contributed by atoms with Gasteiger partial charge in [-0.15, -0.1) is 0 Å². The molecule has 10 nitrogen and oxygen atoms in total. The van der Waals surface area contributed by atoms with Crippen molar-refractivity contribution in [3.8, 4) is 11.3 Å². The molecule has 0 unspecified atom stereocenters. The monoisotopic (exact) mass is 444 g/mol. The number of aryl methyl sites for hydroxylation is 1. The van der Waals surface area contributed by atoms with Crippen LogP contribution in [0.4, 0.5) is 10.6 Å². The molecule has 0 bridgehead atoms. The van der Waals surface area contributed by atoms with E-state index in [1.54, 1.807) is 41.2 Å². The first kappa shape index (κ1) is 21.1. The summed E-state index contributed by atoms with van der Waals surface area (Å²) in [6.45, 7) is 1.90. The van der Waals surface area contributed by atoms with Crippen LogP contribution >= 0.6 is 0 Å². The fraction of sp³-hybridized carbons (Fsp3) is 0.350. The fourth-order valence-electron chi connectivity index (χ4n) is 4.00. The number of sulfonamides is 1. The number of nitrogens with one attached hydrogen (secondary N) is 2. The molecule has 1 aliphatic carbocycles. The molecule has 0 spiro atoms. The standard InChI is InChI=1S/C20H24N6O4S/c1-12-2-7-15(10-16(12)17-11-23-19-18(21)22-8-9-26(17)19)31(29,30)25-14-5-3-13(4-6-14)24-20(27)28/h2,7-11,13-14,24-25H,3-6H2,1H3,(H2,21,22)(H,27,28). The molecule has 0 radical (unpaired) electrons. The van der Waals surface area contributed by atoms with Gasteiger partial charge in [0, 0.05) is 30.0 Å². The second-order valence-electron chi connectivity index (χ2n) is 7.75. The normalized spacial score (nSPS) is 19.4. The number of amides is 1. The van der Waals surface area contributed by atoms with Crippen LogP contribution in [-0.2, 0) is 10.0 Å². The predicted octanol–water partition coefficient (Wildman–Crippen LogP) is 2.14. The number of fused-ring (bicyclic) bond motifs is 1. The number of carbonyl (C=O) groups is 1. The molecule has 0 saturated heterocycles. The number of hydrogen-bond acceptors (Lipinski definition) is 6. The molecule has 1 fully saturated rings. The van der Waals surface area contributed by atoms with Crippen molar-refractivity contribution in [3.63, 3.8) is 0 Å². The Morgan fingerprint density at radius 2 is 1.90 bits per heavy atom. The molecule has 1 amide bonds. The lowest BCUT2D eigenvalue weighted by molar-refractivity contribution is 0.184. The molecule has 3 aromatic rings. The third kappa shape index (κ3) is 4.32. The second-order valence-corrected chi connectivity index (χ2v) is 9.46. The number of nitrogens with two attached hydrogens (primary N) is 1. The molecular formula is C20H24N6O4S. The smallest absolute Gasteiger partial charge is 0.404 e. The summed E-state index contributed by atoms with van der Waals surface area (Å²) in [5, 5.41) is 11.3. The number of rotatable bonds is 5. The Morgan fingerprint density at radius 3 is 2.61 bits per heavy atom. The average molecular weight is 445 g/mol. The minimum Gasteiger partial charge on any atom is -0.465 e. The Labute approximate surface area is 179 Å². The average Bonchev–Trinajstić information content (AvgIpc) is 3.14. The van der Waals surface area contributed by atoms with Gasteiger partial charge in [-0.3, -0.25) is 4.40 Å². The summed E-state index contributed by atoms with van der Waals surface area (Å²) < 4.78 is 30.6. The van der Waals surface area contributed by atoms with Gasteiger partial charge in [-0.05, 0) is 50.3 Å². The van der Waals surface area contributed by atoms with Crippen LogP contribution in [0.15, 0.2) is 41.7 Å². The summed E-state index contributed by atoms with van der Waals surface area (Å²) in [6, 6.07) is 4.61. The van der Waals surface area contributed by atoms with Gasteiger partial charge in [0.05, 0.1) is 16.8 Å². The summed E-state index contributed by atoms with van der Waals surface area (Å²) in [4.78, 5) is 19.3. The van der Waals surface area contributed by atoms with Crippen molar-refractivity contribution in [2.24, 2.45) is 0 Å². The van der Waals surface area contributed by atoms with Crippen LogP contribution in [0.2, 0.25) is 0 Å². The van der Waals surface area contributed by atoms with Crippen molar-refractivity contribution in [2.45, 2.75) is 49.6 Å². The molecule has 5 N–H and O–H groups in total. The van der Waals surface area contributed by atoms with Gasteiger partial charge in [0.15, 0.2) is 11.5 Å². The van der Waals surface area contributed by atoms with E-state index in [1.807, 2.05) is 6.92 Å². The van der Waals surface area contributed by atoms with Gasteiger partial charge in [0.25, 0.3) is 0 Å². The van der Waals surface area contributed by atoms with Crippen molar-refractivity contribution in [2.75, 3.05) is 5.73 Å². The lowest BCUT2D eigenvalue weighted by Gasteiger charge is -2.28. The number of benzene rings is 1. The maximum Gasteiger partial charge on any atom is 0.404 e. The fourth-order valence-corrected chi connectivity index (χ4v) is 5.33. The maximum absolute atomic E-state index is 13.0. The van der Waals surface area contributed by atoms with E-state index in [-0.39, 0.29) is 17.0 Å². The number of imidazole rings is 1. The zero-order valence-electron chi connectivity index (χ0n) is 16.9. The molecule has 1 aliphatic rings. The Balaban J connectivity index is 1.57. The second kappa shape index (κ2) is 8.16. The first-order valence-corrected chi connectivity index (χ1v) is 11.4. The summed E-state index contributed by atoms with van der Waals surface area (Å²) in [5.74, 6) is 0.296. The highest BCUT2D eigenvalue weighted by atomic mass is 32.2. The molecule has 2 aromatic heterocycles. The minimum atomic E-state index is -3.75. The SMILES string of the molecule is Cc1ccc(S(=O)(=O)NC2CCC(NC(=O)O)CC2)cc1-c1cnc2c(N)nccn12. The molecule has 0 aliphatic heterocycles. The Morgan fingerprint density at radius 1 is 1.19 bits per heavy atom. The van der Waals surface area contributed by atoms with E-state index in [1.165, 1.54) is 0 Å². The van der Waals surface area contributed by atoms with Crippen molar-refractivity contribution < 1.29 is 18.3 Å². The number of carboxylic acid groups (broad SMARTS) is 1. The van der Waals surface area contributed by atoms with Gasteiger partial charge in [-0.2, -0.15) is 0 Å². The van der Waals surface area contributed by atoms with Gasteiger partial charge >= 0.3 is 6.09 Å². The quantitative estimate of drug-likeness (QED) is 0.470. The van der Waals surface area contributed by atoms with Crippen LogP contribution in [0.1, 0.15) is 31.2 Å². The Hall–Kier alpha value is -3.18. The van der Waals surface area contributed by atoms with E-state index in [0.29, 0.717) is 37.1 Å². The van der Waals surface area contributed by atoms with Crippen molar-refractivity contribution in [3.05, 3.63) is 42.4 Å². The van der Waals surface area contributed by atoms with Crippen LogP contribution in [0.3, 0.4) is 0 Å². The van der Waals surface area contributed by atoms with E-state index in [2.05, 4.69) is 20.0 Å². The van der Waals surface area contributed by atoms with Crippen LogP contribution in [0.25, 0.3) is 16.9 Å². The highest BCUT2D eigenvalue weighted by Gasteiger charge is 2.27. The number of hydrogen-bond donors (Lipinski definition) is 4. The summed E-state index contributed by atoms with van der Waals surface area (Å²) >= 11 is 0. The summed E-state index contributed by atoms with van der Waals surface area (Å²) in [6.07, 6.45) is 6.23. The third-order valence-corrected chi connectivity index (χ3v) is 7.15. The lowest BCUT2D eigenvalue weighted by Crippen LogP contribution is -2.43. The molecule has 4 rings (SSSR count). The largest absolute Gasteiger partial charge is 0.465 e. The van der Waals surface area contributed by atoms with E-state index >= 15 is 0 Å². The van der Waals surface area contributed by atoms with E-state index in [9.17, 15) is 13.2 Å². The number of aromatic nitrogens is 3. The van der Waals surface area contributed by atoms with Crippen LogP contribution in [0.5, 0.6) is 0 Å². The van der Waals surface area contributed by atoms with Gasteiger partial charge in [0.2, 0.25) is 10.0 Å². The maximum atomic E-state index is 13.0. The molecule has 1 aromatic carbocycles.